The standard InChI is InChI=1S/C6H8F3N3/c1-5-4-10-11-12(5)3-2-6(7,8)9/h4H,2-3H2,1H3. The van der Waals surface area contributed by atoms with Crippen molar-refractivity contribution in [3.05, 3.63) is 11.9 Å². The van der Waals surface area contributed by atoms with Gasteiger partial charge in [-0.2, -0.15) is 13.2 Å². The number of hydrogen-bond acceptors (Lipinski definition) is 2. The summed E-state index contributed by atoms with van der Waals surface area (Å²) in [6.07, 6.45) is -3.56. The Morgan fingerprint density at radius 1 is 1.50 bits per heavy atom. The number of halogens is 3. The quantitative estimate of drug-likeness (QED) is 0.689. The van der Waals surface area contributed by atoms with Crippen LogP contribution >= 0.6 is 0 Å². The highest BCUT2D eigenvalue weighted by atomic mass is 19.4. The molecule has 0 amide bonds. The summed E-state index contributed by atoms with van der Waals surface area (Å²) < 4.78 is 36.4. The Bertz CT molecular complexity index is 253. The highest BCUT2D eigenvalue weighted by Gasteiger charge is 2.26. The van der Waals surface area contributed by atoms with Crippen LogP contribution in [0.4, 0.5) is 13.2 Å². The summed E-state index contributed by atoms with van der Waals surface area (Å²) in [6, 6.07) is 0. The summed E-state index contributed by atoms with van der Waals surface area (Å²) in [5, 5.41) is 6.95. The second-order valence-corrected chi connectivity index (χ2v) is 2.46. The maximum atomic E-state index is 11.7. The van der Waals surface area contributed by atoms with E-state index in [1.807, 2.05) is 0 Å². The van der Waals surface area contributed by atoms with Gasteiger partial charge < -0.3 is 0 Å². The summed E-state index contributed by atoms with van der Waals surface area (Å²) >= 11 is 0. The van der Waals surface area contributed by atoms with Crippen LogP contribution in [0.5, 0.6) is 0 Å². The van der Waals surface area contributed by atoms with Crippen LogP contribution in [0.15, 0.2) is 6.20 Å². The van der Waals surface area contributed by atoms with Gasteiger partial charge in [-0.3, -0.25) is 0 Å². The molecule has 0 spiro atoms. The average Bonchev–Trinajstić information content (AvgIpc) is 2.29. The molecule has 0 aromatic carbocycles. The fourth-order valence-corrected chi connectivity index (χ4v) is 0.763. The lowest BCUT2D eigenvalue weighted by atomic mass is 10.4. The Balaban J connectivity index is 2.49. The maximum Gasteiger partial charge on any atom is 0.390 e. The highest BCUT2D eigenvalue weighted by Crippen LogP contribution is 2.20. The molecule has 68 valence electrons. The number of aromatic nitrogens is 3. The number of rotatable bonds is 2. The van der Waals surface area contributed by atoms with E-state index in [1.165, 1.54) is 10.9 Å². The molecule has 0 aliphatic rings. The molecule has 0 saturated heterocycles. The summed E-state index contributed by atoms with van der Waals surface area (Å²) in [5.41, 5.74) is 0.638. The van der Waals surface area contributed by atoms with Crippen molar-refractivity contribution in [2.24, 2.45) is 0 Å². The van der Waals surface area contributed by atoms with E-state index in [4.69, 9.17) is 0 Å². The third-order valence-electron chi connectivity index (χ3n) is 1.42. The minimum Gasteiger partial charge on any atom is -0.249 e. The largest absolute Gasteiger partial charge is 0.390 e. The van der Waals surface area contributed by atoms with Crippen LogP contribution in [0.25, 0.3) is 0 Å². The fourth-order valence-electron chi connectivity index (χ4n) is 0.763. The molecule has 0 fully saturated rings. The Kier molecular flexibility index (Phi) is 2.35. The van der Waals surface area contributed by atoms with Gasteiger partial charge in [-0.1, -0.05) is 5.21 Å². The molecular weight excluding hydrogens is 171 g/mol. The first-order chi connectivity index (χ1) is 5.49. The number of alkyl halides is 3. The Morgan fingerprint density at radius 3 is 2.58 bits per heavy atom. The molecule has 1 aromatic rings. The summed E-state index contributed by atoms with van der Waals surface area (Å²) in [5.74, 6) is 0. The van der Waals surface area contributed by atoms with Crippen LogP contribution in [0.2, 0.25) is 0 Å². The number of hydrogen-bond donors (Lipinski definition) is 0. The van der Waals surface area contributed by atoms with E-state index in [1.54, 1.807) is 6.92 Å². The van der Waals surface area contributed by atoms with Crippen molar-refractivity contribution in [2.75, 3.05) is 0 Å². The van der Waals surface area contributed by atoms with Gasteiger partial charge >= 0.3 is 6.18 Å². The van der Waals surface area contributed by atoms with Crippen LogP contribution in [-0.2, 0) is 6.54 Å². The molecule has 3 nitrogen and oxygen atoms in total. The van der Waals surface area contributed by atoms with Gasteiger partial charge in [0.15, 0.2) is 0 Å². The van der Waals surface area contributed by atoms with Crippen molar-refractivity contribution < 1.29 is 13.2 Å². The second kappa shape index (κ2) is 3.12. The van der Waals surface area contributed by atoms with Gasteiger partial charge in [0.2, 0.25) is 0 Å². The highest BCUT2D eigenvalue weighted by molar-refractivity contribution is 4.88. The van der Waals surface area contributed by atoms with Gasteiger partial charge in [0.25, 0.3) is 0 Å². The molecule has 6 heteroatoms. The molecule has 0 aliphatic carbocycles. The van der Waals surface area contributed by atoms with Crippen molar-refractivity contribution in [1.82, 2.24) is 15.0 Å². The molecule has 1 heterocycles. The second-order valence-electron chi connectivity index (χ2n) is 2.46. The first-order valence-corrected chi connectivity index (χ1v) is 3.41. The summed E-state index contributed by atoms with van der Waals surface area (Å²) in [4.78, 5) is 0. The van der Waals surface area contributed by atoms with Crippen LogP contribution < -0.4 is 0 Å². The third-order valence-corrected chi connectivity index (χ3v) is 1.42. The zero-order valence-electron chi connectivity index (χ0n) is 6.47. The van der Waals surface area contributed by atoms with Crippen molar-refractivity contribution in [3.8, 4) is 0 Å². The SMILES string of the molecule is Cc1cnnn1CCC(F)(F)F. The van der Waals surface area contributed by atoms with Crippen LogP contribution in [0, 0.1) is 6.92 Å². The summed E-state index contributed by atoms with van der Waals surface area (Å²) in [7, 11) is 0. The van der Waals surface area contributed by atoms with Crippen molar-refractivity contribution in [2.45, 2.75) is 26.1 Å². The Labute approximate surface area is 67.2 Å². The zero-order chi connectivity index (χ0) is 9.19. The topological polar surface area (TPSA) is 30.7 Å². The lowest BCUT2D eigenvalue weighted by Gasteiger charge is -2.06. The van der Waals surface area contributed by atoms with E-state index in [0.29, 0.717) is 5.69 Å². The molecule has 0 radical (unpaired) electrons. The maximum absolute atomic E-state index is 11.7. The predicted molar refractivity (Wildman–Crippen MR) is 35.4 cm³/mol. The zero-order valence-corrected chi connectivity index (χ0v) is 6.47. The molecule has 0 unspecified atom stereocenters. The third kappa shape index (κ3) is 2.52. The van der Waals surface area contributed by atoms with Crippen molar-refractivity contribution in [3.63, 3.8) is 0 Å². The first kappa shape index (κ1) is 9.02. The van der Waals surface area contributed by atoms with Crippen LogP contribution in [0.3, 0.4) is 0 Å². The van der Waals surface area contributed by atoms with Crippen LogP contribution in [-0.4, -0.2) is 21.2 Å². The normalized spacial score (nSPS) is 12.0. The lowest BCUT2D eigenvalue weighted by molar-refractivity contribution is -0.137. The number of nitrogens with zero attached hydrogens (tertiary/aromatic N) is 3. The van der Waals surface area contributed by atoms with E-state index in [-0.39, 0.29) is 6.54 Å². The van der Waals surface area contributed by atoms with Crippen molar-refractivity contribution in [1.29, 1.82) is 0 Å². The predicted octanol–water partition coefficient (Wildman–Crippen LogP) is 1.54. The van der Waals surface area contributed by atoms with Gasteiger partial charge in [-0.05, 0) is 6.92 Å². The molecule has 0 aliphatic heterocycles. The smallest absolute Gasteiger partial charge is 0.249 e. The molecule has 1 rings (SSSR count). The van der Waals surface area contributed by atoms with E-state index in [9.17, 15) is 13.2 Å². The molecule has 0 saturated carbocycles. The molecular formula is C6H8F3N3. The molecule has 0 N–H and O–H groups in total. The van der Waals surface area contributed by atoms with Crippen molar-refractivity contribution >= 4 is 0 Å². The summed E-state index contributed by atoms with van der Waals surface area (Å²) in [6.45, 7) is 1.51. The Morgan fingerprint density at radius 2 is 2.17 bits per heavy atom. The monoisotopic (exact) mass is 179 g/mol. The van der Waals surface area contributed by atoms with E-state index < -0.39 is 12.6 Å². The molecule has 1 aromatic heterocycles. The van der Waals surface area contributed by atoms with E-state index >= 15 is 0 Å². The molecule has 12 heavy (non-hydrogen) atoms. The fraction of sp³-hybridized carbons (Fsp3) is 0.667. The average molecular weight is 179 g/mol. The van der Waals surface area contributed by atoms with Gasteiger partial charge in [0, 0.05) is 0 Å². The van der Waals surface area contributed by atoms with Gasteiger partial charge in [-0.15, -0.1) is 5.10 Å². The molecule has 0 bridgehead atoms. The van der Waals surface area contributed by atoms with Gasteiger partial charge in [0.05, 0.1) is 24.9 Å². The lowest BCUT2D eigenvalue weighted by Crippen LogP contribution is -2.13. The minimum atomic E-state index is -4.13. The van der Waals surface area contributed by atoms with Gasteiger partial charge in [-0.25, -0.2) is 4.68 Å². The minimum absolute atomic E-state index is 0.157. The Hall–Kier alpha value is -1.07. The first-order valence-electron chi connectivity index (χ1n) is 3.41. The number of aryl methyl sites for hydroxylation is 2. The van der Waals surface area contributed by atoms with E-state index in [0.717, 1.165) is 0 Å². The van der Waals surface area contributed by atoms with Gasteiger partial charge in [0.1, 0.15) is 0 Å². The van der Waals surface area contributed by atoms with Crippen LogP contribution in [0.1, 0.15) is 12.1 Å². The molecule has 0 atom stereocenters. The van der Waals surface area contributed by atoms with E-state index in [2.05, 4.69) is 10.3 Å².